The third-order valence-corrected chi connectivity index (χ3v) is 4.51. The summed E-state index contributed by atoms with van der Waals surface area (Å²) in [5.74, 6) is 1.52. The number of rotatable bonds is 5. The molecule has 0 amide bonds. The van der Waals surface area contributed by atoms with Crippen molar-refractivity contribution in [3.05, 3.63) is 38.8 Å². The summed E-state index contributed by atoms with van der Waals surface area (Å²) in [7, 11) is 1.65. The smallest absolute Gasteiger partial charge is 0.226 e. The molecular weight excluding hydrogens is 441 g/mol. The average Bonchev–Trinajstić information content (AvgIpc) is 2.90. The zero-order valence-corrected chi connectivity index (χ0v) is 16.5. The first-order chi connectivity index (χ1) is 11.5. The first-order valence-electron chi connectivity index (χ1n) is 7.47. The molecule has 0 saturated carbocycles. The van der Waals surface area contributed by atoms with Crippen molar-refractivity contribution in [2.24, 2.45) is 0 Å². The van der Waals surface area contributed by atoms with Crippen molar-refractivity contribution in [3.8, 4) is 5.75 Å². The Labute approximate surface area is 158 Å². The highest BCUT2D eigenvalue weighted by molar-refractivity contribution is 14.1. The summed E-state index contributed by atoms with van der Waals surface area (Å²) < 4.78 is 7.89. The van der Waals surface area contributed by atoms with Gasteiger partial charge in [-0.3, -0.25) is 0 Å². The van der Waals surface area contributed by atoms with E-state index in [0.29, 0.717) is 12.4 Å². The molecule has 24 heavy (non-hydrogen) atoms. The summed E-state index contributed by atoms with van der Waals surface area (Å²) in [5, 5.41) is 8.99. The number of nitrogens with one attached hydrogen (secondary N) is 1. The van der Waals surface area contributed by atoms with E-state index in [9.17, 15) is 0 Å². The lowest BCUT2D eigenvalue weighted by molar-refractivity contribution is 0.414. The lowest BCUT2D eigenvalue weighted by Crippen LogP contribution is -2.06. The number of halogens is 2. The van der Waals surface area contributed by atoms with Crippen LogP contribution in [0.2, 0.25) is 5.28 Å². The predicted octanol–water partition coefficient (Wildman–Crippen LogP) is 4.29. The van der Waals surface area contributed by atoms with E-state index >= 15 is 0 Å². The maximum absolute atomic E-state index is 6.11. The minimum absolute atomic E-state index is 0.191. The summed E-state index contributed by atoms with van der Waals surface area (Å²) in [4.78, 5) is 8.69. The van der Waals surface area contributed by atoms with Gasteiger partial charge in [-0.2, -0.15) is 15.1 Å². The van der Waals surface area contributed by atoms with E-state index in [1.165, 1.54) is 0 Å². The zero-order chi connectivity index (χ0) is 17.3. The number of hydrogen-bond donors (Lipinski definition) is 1. The van der Waals surface area contributed by atoms with E-state index in [-0.39, 0.29) is 11.3 Å². The number of nitrogens with zero attached hydrogens (tertiary/aromatic N) is 4. The van der Waals surface area contributed by atoms with Gasteiger partial charge in [-0.1, -0.05) is 12.1 Å². The molecule has 3 rings (SSSR count). The second kappa shape index (κ2) is 7.10. The summed E-state index contributed by atoms with van der Waals surface area (Å²) in [6, 6.07) is 8.07. The Balaban J connectivity index is 1.93. The third kappa shape index (κ3) is 3.41. The second-order valence-corrected chi connectivity index (χ2v) is 6.93. The molecule has 2 aromatic heterocycles. The van der Waals surface area contributed by atoms with Gasteiger partial charge in [0, 0.05) is 12.6 Å². The van der Waals surface area contributed by atoms with Gasteiger partial charge in [-0.05, 0) is 65.7 Å². The van der Waals surface area contributed by atoms with Gasteiger partial charge in [0.2, 0.25) is 5.28 Å². The van der Waals surface area contributed by atoms with Crippen LogP contribution in [0.5, 0.6) is 5.75 Å². The zero-order valence-electron chi connectivity index (χ0n) is 13.5. The Morgan fingerprint density at radius 2 is 1.96 bits per heavy atom. The molecule has 0 radical (unpaired) electrons. The number of methoxy groups -OCH3 is 1. The summed E-state index contributed by atoms with van der Waals surface area (Å²) in [6.45, 7) is 4.74. The maximum Gasteiger partial charge on any atom is 0.226 e. The van der Waals surface area contributed by atoms with Crippen molar-refractivity contribution in [1.82, 2.24) is 19.7 Å². The SMILES string of the molecule is COc1ccc(CNc2nc(Cl)nc3c2c(I)nn3C(C)C)cc1. The molecule has 0 unspecified atom stereocenters. The molecule has 0 aliphatic carbocycles. The largest absolute Gasteiger partial charge is 0.497 e. The molecule has 0 bridgehead atoms. The topological polar surface area (TPSA) is 64.9 Å². The fourth-order valence-corrected chi connectivity index (χ4v) is 3.28. The number of aromatic nitrogens is 4. The summed E-state index contributed by atoms with van der Waals surface area (Å²) >= 11 is 8.31. The molecule has 8 heteroatoms. The van der Waals surface area contributed by atoms with Crippen LogP contribution in [0.25, 0.3) is 11.0 Å². The van der Waals surface area contributed by atoms with E-state index in [1.54, 1.807) is 7.11 Å². The highest BCUT2D eigenvalue weighted by Gasteiger charge is 2.18. The Morgan fingerprint density at radius 3 is 2.58 bits per heavy atom. The van der Waals surface area contributed by atoms with Gasteiger partial charge >= 0.3 is 0 Å². The minimum Gasteiger partial charge on any atom is -0.497 e. The predicted molar refractivity (Wildman–Crippen MR) is 104 cm³/mol. The molecule has 0 saturated heterocycles. The van der Waals surface area contributed by atoms with E-state index in [0.717, 1.165) is 26.0 Å². The monoisotopic (exact) mass is 457 g/mol. The maximum atomic E-state index is 6.11. The lowest BCUT2D eigenvalue weighted by atomic mass is 10.2. The highest BCUT2D eigenvalue weighted by atomic mass is 127. The van der Waals surface area contributed by atoms with Crippen molar-refractivity contribution < 1.29 is 4.74 Å². The first-order valence-corrected chi connectivity index (χ1v) is 8.93. The minimum atomic E-state index is 0.191. The van der Waals surface area contributed by atoms with Crippen LogP contribution in [0.15, 0.2) is 24.3 Å². The first kappa shape index (κ1) is 17.2. The van der Waals surface area contributed by atoms with Gasteiger partial charge in [-0.25, -0.2) is 4.68 Å². The standard InChI is InChI=1S/C16H17ClIN5O/c1-9(2)23-15-12(13(18)22-23)14(20-16(17)21-15)19-8-10-4-6-11(24-3)7-5-10/h4-7,9H,8H2,1-3H3,(H,19,20,21). The van der Waals surface area contributed by atoms with Crippen LogP contribution in [0, 0.1) is 3.70 Å². The van der Waals surface area contributed by atoms with E-state index in [4.69, 9.17) is 16.3 Å². The molecule has 0 atom stereocenters. The van der Waals surface area contributed by atoms with Gasteiger partial charge in [0.05, 0.1) is 12.5 Å². The van der Waals surface area contributed by atoms with E-state index in [1.807, 2.05) is 28.9 Å². The molecule has 0 aliphatic rings. The van der Waals surface area contributed by atoms with Crippen LogP contribution in [0.4, 0.5) is 5.82 Å². The number of ether oxygens (including phenoxy) is 1. The molecule has 0 spiro atoms. The fraction of sp³-hybridized carbons (Fsp3) is 0.312. The fourth-order valence-electron chi connectivity index (χ4n) is 2.39. The van der Waals surface area contributed by atoms with Gasteiger partial charge in [0.15, 0.2) is 5.65 Å². The Hall–Kier alpha value is -1.61. The van der Waals surface area contributed by atoms with Gasteiger partial charge in [0.1, 0.15) is 15.3 Å². The molecule has 1 aromatic carbocycles. The molecule has 126 valence electrons. The van der Waals surface area contributed by atoms with Gasteiger partial charge in [-0.15, -0.1) is 0 Å². The molecule has 3 aromatic rings. The number of benzene rings is 1. The summed E-state index contributed by atoms with van der Waals surface area (Å²) in [6.07, 6.45) is 0. The van der Waals surface area contributed by atoms with E-state index < -0.39 is 0 Å². The highest BCUT2D eigenvalue weighted by Crippen LogP contribution is 2.29. The van der Waals surface area contributed by atoms with E-state index in [2.05, 4.69) is 56.8 Å². The molecule has 2 heterocycles. The number of anilines is 1. The van der Waals surface area contributed by atoms with Crippen molar-refractivity contribution in [3.63, 3.8) is 0 Å². The van der Waals surface area contributed by atoms with Crippen LogP contribution in [0.1, 0.15) is 25.5 Å². The van der Waals surface area contributed by atoms with Crippen molar-refractivity contribution in [2.75, 3.05) is 12.4 Å². The quantitative estimate of drug-likeness (QED) is 0.457. The molecular formula is C16H17ClIN5O. The number of hydrogen-bond acceptors (Lipinski definition) is 5. The number of fused-ring (bicyclic) bond motifs is 1. The van der Waals surface area contributed by atoms with Crippen molar-refractivity contribution >= 4 is 51.0 Å². The Bertz CT molecular complexity index is 863. The molecule has 0 fully saturated rings. The van der Waals surface area contributed by atoms with Crippen LogP contribution < -0.4 is 10.1 Å². The Kier molecular flexibility index (Phi) is 5.09. The normalized spacial score (nSPS) is 11.2. The van der Waals surface area contributed by atoms with Crippen molar-refractivity contribution in [1.29, 1.82) is 0 Å². The Morgan fingerprint density at radius 1 is 1.25 bits per heavy atom. The van der Waals surface area contributed by atoms with Crippen molar-refractivity contribution in [2.45, 2.75) is 26.4 Å². The second-order valence-electron chi connectivity index (χ2n) is 5.57. The molecule has 0 aliphatic heterocycles. The van der Waals surface area contributed by atoms with Crippen LogP contribution in [0.3, 0.4) is 0 Å². The summed E-state index contributed by atoms with van der Waals surface area (Å²) in [5.41, 5.74) is 1.86. The van der Waals surface area contributed by atoms with Crippen LogP contribution in [-0.4, -0.2) is 26.9 Å². The van der Waals surface area contributed by atoms with Gasteiger partial charge < -0.3 is 10.1 Å². The average molecular weight is 458 g/mol. The van der Waals surface area contributed by atoms with Crippen LogP contribution in [-0.2, 0) is 6.54 Å². The third-order valence-electron chi connectivity index (χ3n) is 3.59. The van der Waals surface area contributed by atoms with Gasteiger partial charge in [0.25, 0.3) is 0 Å². The van der Waals surface area contributed by atoms with Crippen LogP contribution >= 0.6 is 34.2 Å². The molecule has 1 N–H and O–H groups in total. The molecule has 6 nitrogen and oxygen atoms in total. The lowest BCUT2D eigenvalue weighted by Gasteiger charge is -2.09.